The fourth-order valence-corrected chi connectivity index (χ4v) is 4.76. The van der Waals surface area contributed by atoms with Crippen LogP contribution in [-0.2, 0) is 0 Å². The van der Waals surface area contributed by atoms with Crippen LogP contribution in [0.5, 0.6) is 0 Å². The molecule has 4 atom stereocenters. The molecule has 0 aromatic heterocycles. The molecule has 0 radical (unpaired) electrons. The Morgan fingerprint density at radius 3 is 1.82 bits per heavy atom. The lowest BCUT2D eigenvalue weighted by Gasteiger charge is -2.16. The molecule has 2 aliphatic heterocycles. The van der Waals surface area contributed by atoms with Crippen LogP contribution in [0.3, 0.4) is 0 Å². The van der Waals surface area contributed by atoms with E-state index in [-0.39, 0.29) is 10.8 Å². The van der Waals surface area contributed by atoms with Crippen molar-refractivity contribution >= 4 is 35.0 Å². The lowest BCUT2D eigenvalue weighted by Crippen LogP contribution is -2.24. The number of fused-ring (bicyclic) bond motifs is 2. The topological polar surface area (TPSA) is 0 Å². The van der Waals surface area contributed by atoms with Gasteiger partial charge in [0.15, 0.2) is 0 Å². The fourth-order valence-electron chi connectivity index (χ4n) is 1.93. The van der Waals surface area contributed by atoms with E-state index < -0.39 is 0 Å². The van der Waals surface area contributed by atoms with Crippen molar-refractivity contribution < 1.29 is 0 Å². The van der Waals surface area contributed by atoms with Gasteiger partial charge in [0.25, 0.3) is 0 Å². The first-order chi connectivity index (χ1) is 5.29. The van der Waals surface area contributed by atoms with Gasteiger partial charge >= 0.3 is 0 Å². The highest BCUT2D eigenvalue weighted by Crippen LogP contribution is 2.46. The van der Waals surface area contributed by atoms with Crippen molar-refractivity contribution in [2.24, 2.45) is 0 Å². The minimum absolute atomic E-state index is 0.229. The summed E-state index contributed by atoms with van der Waals surface area (Å²) in [6.45, 7) is 0. The van der Waals surface area contributed by atoms with E-state index in [1.165, 1.54) is 25.7 Å². The Labute approximate surface area is 82.0 Å². The van der Waals surface area contributed by atoms with Crippen molar-refractivity contribution in [1.82, 2.24) is 0 Å². The quantitative estimate of drug-likeness (QED) is 0.554. The van der Waals surface area contributed by atoms with Crippen LogP contribution in [-0.4, -0.2) is 21.3 Å². The van der Waals surface area contributed by atoms with E-state index in [1.54, 1.807) is 0 Å². The molecular formula is C8H12Cl2S. The Bertz CT molecular complexity index is 135. The standard InChI is InChI=1S/C8H12Cl2S/c9-7-5-3-1-2-4-6(11-5)8(7)10/h5-8H,1-4H2/t5-,6-,7-,8+/m1/s1. The van der Waals surface area contributed by atoms with Crippen molar-refractivity contribution in [3.8, 4) is 0 Å². The molecule has 64 valence electrons. The van der Waals surface area contributed by atoms with Crippen LogP contribution in [0, 0.1) is 0 Å². The minimum atomic E-state index is 0.229. The largest absolute Gasteiger partial charge is 0.152 e. The predicted octanol–water partition coefficient (Wildman–Crippen LogP) is 3.26. The van der Waals surface area contributed by atoms with Gasteiger partial charge in [0, 0.05) is 10.5 Å². The average Bonchev–Trinajstić information content (AvgIpc) is 2.31. The highest BCUT2D eigenvalue weighted by Gasteiger charge is 2.42. The highest BCUT2D eigenvalue weighted by molar-refractivity contribution is 8.01. The molecule has 0 unspecified atom stereocenters. The number of alkyl halides is 2. The number of thioether (sulfide) groups is 1. The molecule has 0 N–H and O–H groups in total. The van der Waals surface area contributed by atoms with E-state index in [9.17, 15) is 0 Å². The first-order valence-corrected chi connectivity index (χ1v) is 6.04. The zero-order valence-corrected chi connectivity index (χ0v) is 8.63. The lowest BCUT2D eigenvalue weighted by molar-refractivity contribution is 0.565. The molecule has 0 aromatic carbocycles. The smallest absolute Gasteiger partial charge is 0.0629 e. The van der Waals surface area contributed by atoms with E-state index in [1.807, 2.05) is 11.8 Å². The second-order valence-electron chi connectivity index (χ2n) is 3.39. The van der Waals surface area contributed by atoms with Crippen LogP contribution in [0.1, 0.15) is 25.7 Å². The molecule has 0 saturated carbocycles. The van der Waals surface area contributed by atoms with Crippen LogP contribution < -0.4 is 0 Å². The van der Waals surface area contributed by atoms with Crippen molar-refractivity contribution in [2.75, 3.05) is 0 Å². The van der Waals surface area contributed by atoms with Crippen LogP contribution in [0.4, 0.5) is 0 Å². The SMILES string of the molecule is Cl[C@@H]1[C@H](Cl)[C@H]2CCCC[C@H]1S2. The van der Waals surface area contributed by atoms with Crippen molar-refractivity contribution in [2.45, 2.75) is 46.9 Å². The van der Waals surface area contributed by atoms with Crippen molar-refractivity contribution in [3.05, 3.63) is 0 Å². The summed E-state index contributed by atoms with van der Waals surface area (Å²) < 4.78 is 0. The summed E-state index contributed by atoms with van der Waals surface area (Å²) in [5.74, 6) is 0. The molecule has 0 aliphatic carbocycles. The summed E-state index contributed by atoms with van der Waals surface area (Å²) in [6.07, 6.45) is 5.25. The second-order valence-corrected chi connectivity index (χ2v) is 5.88. The molecule has 0 amide bonds. The van der Waals surface area contributed by atoms with Gasteiger partial charge in [-0.15, -0.1) is 23.2 Å². The maximum absolute atomic E-state index is 6.18. The second kappa shape index (κ2) is 3.35. The zero-order chi connectivity index (χ0) is 7.84. The summed E-state index contributed by atoms with van der Waals surface area (Å²) in [5, 5.41) is 1.75. The molecule has 2 heterocycles. The first-order valence-electron chi connectivity index (χ1n) is 4.22. The highest BCUT2D eigenvalue weighted by atomic mass is 35.5. The van der Waals surface area contributed by atoms with Gasteiger partial charge in [0.05, 0.1) is 10.8 Å². The predicted molar refractivity (Wildman–Crippen MR) is 52.9 cm³/mol. The maximum atomic E-state index is 6.18. The van der Waals surface area contributed by atoms with Gasteiger partial charge in [0.1, 0.15) is 0 Å². The van der Waals surface area contributed by atoms with Gasteiger partial charge in [-0.3, -0.25) is 0 Å². The third-order valence-corrected chi connectivity index (χ3v) is 5.93. The lowest BCUT2D eigenvalue weighted by atomic mass is 10.0. The molecule has 11 heavy (non-hydrogen) atoms. The minimum Gasteiger partial charge on any atom is -0.152 e. The van der Waals surface area contributed by atoms with Crippen LogP contribution in [0.25, 0.3) is 0 Å². The Balaban J connectivity index is 2.10. The van der Waals surface area contributed by atoms with E-state index in [0.29, 0.717) is 10.5 Å². The van der Waals surface area contributed by atoms with E-state index in [4.69, 9.17) is 23.2 Å². The van der Waals surface area contributed by atoms with Gasteiger partial charge in [-0.05, 0) is 12.8 Å². The van der Waals surface area contributed by atoms with E-state index in [2.05, 4.69) is 0 Å². The molecule has 2 saturated heterocycles. The molecule has 2 rings (SSSR count). The van der Waals surface area contributed by atoms with Crippen molar-refractivity contribution in [1.29, 1.82) is 0 Å². The molecule has 0 spiro atoms. The Morgan fingerprint density at radius 2 is 1.36 bits per heavy atom. The van der Waals surface area contributed by atoms with Gasteiger partial charge in [-0.25, -0.2) is 0 Å². The number of hydrogen-bond acceptors (Lipinski definition) is 1. The number of hydrogen-bond donors (Lipinski definition) is 0. The van der Waals surface area contributed by atoms with Crippen LogP contribution in [0.15, 0.2) is 0 Å². The first kappa shape index (κ1) is 8.52. The molecular weight excluding hydrogens is 199 g/mol. The van der Waals surface area contributed by atoms with Crippen molar-refractivity contribution in [3.63, 3.8) is 0 Å². The van der Waals surface area contributed by atoms with Crippen LogP contribution in [0.2, 0.25) is 0 Å². The van der Waals surface area contributed by atoms with E-state index in [0.717, 1.165) is 0 Å². The summed E-state index contributed by atoms with van der Waals surface area (Å²) >= 11 is 14.4. The monoisotopic (exact) mass is 210 g/mol. The molecule has 2 bridgehead atoms. The molecule has 0 nitrogen and oxygen atoms in total. The third kappa shape index (κ3) is 1.52. The Kier molecular flexibility index (Phi) is 2.60. The molecule has 3 heteroatoms. The van der Waals surface area contributed by atoms with Gasteiger partial charge < -0.3 is 0 Å². The fraction of sp³-hybridized carbons (Fsp3) is 1.00. The van der Waals surface area contributed by atoms with Gasteiger partial charge in [-0.2, -0.15) is 11.8 Å². The van der Waals surface area contributed by atoms with Gasteiger partial charge in [-0.1, -0.05) is 12.8 Å². The normalized spacial score (nSPS) is 50.7. The summed E-state index contributed by atoms with van der Waals surface area (Å²) in [4.78, 5) is 0. The molecule has 2 aliphatic rings. The third-order valence-electron chi connectivity index (χ3n) is 2.59. The molecule has 0 aromatic rings. The average molecular weight is 211 g/mol. The molecule has 2 fully saturated rings. The Hall–Kier alpha value is 0.930. The Morgan fingerprint density at radius 1 is 0.909 bits per heavy atom. The van der Waals surface area contributed by atoms with E-state index >= 15 is 0 Å². The maximum Gasteiger partial charge on any atom is 0.0629 e. The number of rotatable bonds is 0. The van der Waals surface area contributed by atoms with Gasteiger partial charge in [0.2, 0.25) is 0 Å². The van der Waals surface area contributed by atoms with Crippen LogP contribution >= 0.6 is 35.0 Å². The summed E-state index contributed by atoms with van der Waals surface area (Å²) in [7, 11) is 0. The zero-order valence-electron chi connectivity index (χ0n) is 6.30. The summed E-state index contributed by atoms with van der Waals surface area (Å²) in [5.41, 5.74) is 0. The number of halogens is 2. The summed E-state index contributed by atoms with van der Waals surface area (Å²) in [6, 6.07) is 0.